The predicted molar refractivity (Wildman–Crippen MR) is 79.7 cm³/mol. The molecule has 2 amide bonds. The molecule has 1 saturated heterocycles. The maximum Gasteiger partial charge on any atom is 0.246 e. The van der Waals surface area contributed by atoms with E-state index in [2.05, 4.69) is 22.4 Å². The van der Waals surface area contributed by atoms with Gasteiger partial charge in [-0.15, -0.1) is 0 Å². The molecule has 7 nitrogen and oxygen atoms in total. The van der Waals surface area contributed by atoms with Crippen LogP contribution in [0, 0.1) is 12.8 Å². The molecular weight excluding hydrogens is 284 g/mol. The number of rotatable bonds is 6. The Bertz CT molecular complexity index is 507. The Labute approximate surface area is 130 Å². The Balaban J connectivity index is 1.71. The topological polar surface area (TPSA) is 88.3 Å². The highest BCUT2D eigenvalue weighted by atomic mass is 16.5. The fourth-order valence-electron chi connectivity index (χ4n) is 2.60. The van der Waals surface area contributed by atoms with Crippen molar-refractivity contribution in [3.63, 3.8) is 0 Å². The summed E-state index contributed by atoms with van der Waals surface area (Å²) in [7, 11) is 0. The maximum absolute atomic E-state index is 12.1. The molecule has 122 valence electrons. The first-order chi connectivity index (χ1) is 10.6. The molecule has 1 aromatic heterocycles. The van der Waals surface area contributed by atoms with Gasteiger partial charge in [0.2, 0.25) is 17.7 Å². The first-order valence-corrected chi connectivity index (χ1v) is 7.94. The molecule has 7 heteroatoms. The van der Waals surface area contributed by atoms with Crippen molar-refractivity contribution in [2.75, 3.05) is 13.1 Å². The number of hydrogen-bond donors (Lipinski definition) is 1. The van der Waals surface area contributed by atoms with Crippen LogP contribution in [0.3, 0.4) is 0 Å². The van der Waals surface area contributed by atoms with Crippen molar-refractivity contribution < 1.29 is 14.1 Å². The molecule has 1 N–H and O–H groups in total. The summed E-state index contributed by atoms with van der Waals surface area (Å²) >= 11 is 0. The summed E-state index contributed by atoms with van der Waals surface area (Å²) < 4.78 is 4.96. The van der Waals surface area contributed by atoms with Gasteiger partial charge in [0.1, 0.15) is 0 Å². The van der Waals surface area contributed by atoms with E-state index in [0.717, 1.165) is 12.8 Å². The zero-order chi connectivity index (χ0) is 15.9. The minimum atomic E-state index is -0.0424. The molecule has 1 aliphatic heterocycles. The van der Waals surface area contributed by atoms with Crippen LogP contribution >= 0.6 is 0 Å². The van der Waals surface area contributed by atoms with Gasteiger partial charge in [0.05, 0.1) is 6.54 Å². The fourth-order valence-corrected chi connectivity index (χ4v) is 2.60. The summed E-state index contributed by atoms with van der Waals surface area (Å²) in [4.78, 5) is 30.0. The van der Waals surface area contributed by atoms with E-state index >= 15 is 0 Å². The molecule has 0 unspecified atom stereocenters. The standard InChI is InChI=1S/C15H24N4O3/c1-3-4-5-14(20)19-8-6-12(7-9-19)15(21)16-10-13-17-11(2)18-22-13/h12H,3-10H2,1-2H3,(H,16,21). The summed E-state index contributed by atoms with van der Waals surface area (Å²) in [5.41, 5.74) is 0. The second-order valence-corrected chi connectivity index (χ2v) is 5.71. The van der Waals surface area contributed by atoms with Crippen LogP contribution in [0.15, 0.2) is 4.52 Å². The van der Waals surface area contributed by atoms with Gasteiger partial charge in [0.15, 0.2) is 5.82 Å². The largest absolute Gasteiger partial charge is 0.347 e. The normalized spacial score (nSPS) is 15.8. The molecule has 0 aromatic carbocycles. The minimum Gasteiger partial charge on any atom is -0.347 e. The van der Waals surface area contributed by atoms with Crippen LogP contribution in [0.4, 0.5) is 0 Å². The van der Waals surface area contributed by atoms with Gasteiger partial charge in [0, 0.05) is 25.4 Å². The van der Waals surface area contributed by atoms with Crippen molar-refractivity contribution in [1.82, 2.24) is 20.4 Å². The smallest absolute Gasteiger partial charge is 0.246 e. The van der Waals surface area contributed by atoms with Gasteiger partial charge >= 0.3 is 0 Å². The van der Waals surface area contributed by atoms with Crippen LogP contribution < -0.4 is 5.32 Å². The molecule has 0 radical (unpaired) electrons. The quantitative estimate of drug-likeness (QED) is 0.858. The Kier molecular flexibility index (Phi) is 5.91. The highest BCUT2D eigenvalue weighted by molar-refractivity contribution is 5.80. The fraction of sp³-hybridized carbons (Fsp3) is 0.733. The third-order valence-corrected chi connectivity index (χ3v) is 3.95. The third-order valence-electron chi connectivity index (χ3n) is 3.95. The van der Waals surface area contributed by atoms with Crippen LogP contribution in [0.2, 0.25) is 0 Å². The summed E-state index contributed by atoms with van der Waals surface area (Å²) in [6.45, 7) is 5.41. The molecular formula is C15H24N4O3. The number of amides is 2. The number of aromatic nitrogens is 2. The van der Waals surface area contributed by atoms with E-state index in [4.69, 9.17) is 4.52 Å². The van der Waals surface area contributed by atoms with Gasteiger partial charge in [-0.3, -0.25) is 9.59 Å². The first kappa shape index (κ1) is 16.5. The number of nitrogens with one attached hydrogen (secondary N) is 1. The second-order valence-electron chi connectivity index (χ2n) is 5.71. The molecule has 22 heavy (non-hydrogen) atoms. The van der Waals surface area contributed by atoms with E-state index in [9.17, 15) is 9.59 Å². The van der Waals surface area contributed by atoms with Crippen molar-refractivity contribution in [2.24, 2.45) is 5.92 Å². The Hall–Kier alpha value is -1.92. The summed E-state index contributed by atoms with van der Waals surface area (Å²) in [6, 6.07) is 0. The zero-order valence-corrected chi connectivity index (χ0v) is 13.3. The monoisotopic (exact) mass is 308 g/mol. The maximum atomic E-state index is 12.1. The lowest BCUT2D eigenvalue weighted by molar-refractivity contribution is -0.135. The molecule has 0 saturated carbocycles. The van der Waals surface area contributed by atoms with Crippen LogP contribution in [0.25, 0.3) is 0 Å². The van der Waals surface area contributed by atoms with E-state index in [1.807, 2.05) is 4.90 Å². The zero-order valence-electron chi connectivity index (χ0n) is 13.3. The molecule has 0 aliphatic carbocycles. The van der Waals surface area contributed by atoms with E-state index in [0.29, 0.717) is 44.1 Å². The van der Waals surface area contributed by atoms with E-state index in [1.54, 1.807) is 6.92 Å². The van der Waals surface area contributed by atoms with Crippen molar-refractivity contribution >= 4 is 11.8 Å². The van der Waals surface area contributed by atoms with E-state index in [-0.39, 0.29) is 24.3 Å². The number of hydrogen-bond acceptors (Lipinski definition) is 5. The molecule has 0 spiro atoms. The van der Waals surface area contributed by atoms with Gasteiger partial charge in [-0.1, -0.05) is 18.5 Å². The van der Waals surface area contributed by atoms with Crippen molar-refractivity contribution in [3.8, 4) is 0 Å². The van der Waals surface area contributed by atoms with Crippen molar-refractivity contribution in [3.05, 3.63) is 11.7 Å². The molecule has 0 atom stereocenters. The summed E-state index contributed by atoms with van der Waals surface area (Å²) in [5, 5.41) is 6.50. The van der Waals surface area contributed by atoms with Gasteiger partial charge in [-0.25, -0.2) is 0 Å². The van der Waals surface area contributed by atoms with Gasteiger partial charge in [-0.2, -0.15) is 4.98 Å². The van der Waals surface area contributed by atoms with Crippen LogP contribution in [0.5, 0.6) is 0 Å². The number of likely N-dealkylation sites (tertiary alicyclic amines) is 1. The molecule has 1 fully saturated rings. The summed E-state index contributed by atoms with van der Waals surface area (Å²) in [6.07, 6.45) is 4.01. The number of carbonyl (C=O) groups is 2. The van der Waals surface area contributed by atoms with E-state index < -0.39 is 0 Å². The minimum absolute atomic E-state index is 0.00323. The van der Waals surface area contributed by atoms with Gasteiger partial charge in [0.25, 0.3) is 0 Å². The second kappa shape index (κ2) is 7.91. The Morgan fingerprint density at radius 1 is 1.36 bits per heavy atom. The Morgan fingerprint density at radius 3 is 2.68 bits per heavy atom. The van der Waals surface area contributed by atoms with Crippen molar-refractivity contribution in [2.45, 2.75) is 52.5 Å². The van der Waals surface area contributed by atoms with Crippen molar-refractivity contribution in [1.29, 1.82) is 0 Å². The molecule has 1 aliphatic rings. The van der Waals surface area contributed by atoms with Crippen LogP contribution in [-0.2, 0) is 16.1 Å². The lowest BCUT2D eigenvalue weighted by Crippen LogP contribution is -2.42. The molecule has 2 rings (SSSR count). The lowest BCUT2D eigenvalue weighted by Gasteiger charge is -2.31. The highest BCUT2D eigenvalue weighted by Gasteiger charge is 2.27. The number of nitrogens with zero attached hydrogens (tertiary/aromatic N) is 3. The number of piperidine rings is 1. The highest BCUT2D eigenvalue weighted by Crippen LogP contribution is 2.18. The van der Waals surface area contributed by atoms with Gasteiger partial charge in [-0.05, 0) is 26.2 Å². The average molecular weight is 308 g/mol. The summed E-state index contributed by atoms with van der Waals surface area (Å²) in [5.74, 6) is 1.14. The lowest BCUT2D eigenvalue weighted by atomic mass is 9.95. The first-order valence-electron chi connectivity index (χ1n) is 7.94. The molecule has 2 heterocycles. The van der Waals surface area contributed by atoms with Crippen LogP contribution in [-0.4, -0.2) is 39.9 Å². The van der Waals surface area contributed by atoms with Gasteiger partial charge < -0.3 is 14.7 Å². The van der Waals surface area contributed by atoms with E-state index in [1.165, 1.54) is 0 Å². The van der Waals surface area contributed by atoms with Crippen LogP contribution in [0.1, 0.15) is 50.7 Å². The number of carbonyl (C=O) groups excluding carboxylic acids is 2. The predicted octanol–water partition coefficient (Wildman–Crippen LogP) is 1.42. The molecule has 0 bridgehead atoms. The SMILES string of the molecule is CCCCC(=O)N1CCC(C(=O)NCc2nc(C)no2)CC1. The number of aryl methyl sites for hydroxylation is 1. The Morgan fingerprint density at radius 2 is 2.09 bits per heavy atom. The number of unbranched alkanes of at least 4 members (excludes halogenated alkanes) is 1. The third kappa shape index (κ3) is 4.54. The molecule has 1 aromatic rings. The average Bonchev–Trinajstić information content (AvgIpc) is 2.96.